The highest BCUT2D eigenvalue weighted by molar-refractivity contribution is 5.80. The van der Waals surface area contributed by atoms with Gasteiger partial charge in [0.05, 0.1) is 10.9 Å². The van der Waals surface area contributed by atoms with E-state index in [1.807, 2.05) is 18.2 Å². The predicted molar refractivity (Wildman–Crippen MR) is 120 cm³/mol. The van der Waals surface area contributed by atoms with Crippen molar-refractivity contribution in [3.05, 3.63) is 34.5 Å². The van der Waals surface area contributed by atoms with Crippen molar-refractivity contribution in [2.75, 3.05) is 5.32 Å². The molecule has 4 aliphatic rings. The fourth-order valence-corrected chi connectivity index (χ4v) is 7.92. The molecule has 6 rings (SSSR count). The minimum Gasteiger partial charge on any atom is -0.360 e. The van der Waals surface area contributed by atoms with E-state index in [-0.39, 0.29) is 17.4 Å². The molecular weight excluding hydrogens is 415 g/mol. The van der Waals surface area contributed by atoms with Crippen molar-refractivity contribution in [3.63, 3.8) is 0 Å². The number of hydrogen-bond acceptors (Lipinski definition) is 3. The number of alkyl halides is 3. The highest BCUT2D eigenvalue weighted by Gasteiger charge is 2.60. The third kappa shape index (κ3) is 4.03. The summed E-state index contributed by atoms with van der Waals surface area (Å²) in [6.45, 7) is 5.13. The minimum absolute atomic E-state index is 0.0523. The number of nitrogens with zero attached hydrogens (tertiary/aromatic N) is 2. The molecule has 7 heteroatoms. The molecule has 0 aliphatic heterocycles. The first kappa shape index (κ1) is 21.8. The summed E-state index contributed by atoms with van der Waals surface area (Å²) in [5.41, 5.74) is 1.05. The van der Waals surface area contributed by atoms with Crippen molar-refractivity contribution < 1.29 is 13.2 Å². The summed E-state index contributed by atoms with van der Waals surface area (Å²) >= 11 is 0. The minimum atomic E-state index is -4.14. The van der Waals surface area contributed by atoms with Crippen molar-refractivity contribution in [3.8, 4) is 0 Å². The van der Waals surface area contributed by atoms with Crippen LogP contribution in [0.3, 0.4) is 0 Å². The fraction of sp³-hybridized carbons (Fsp3) is 0.680. The number of rotatable bonds is 6. The van der Waals surface area contributed by atoms with E-state index in [4.69, 9.17) is 0 Å². The molecular formula is C25H32F3N3O. The number of aromatic nitrogens is 2. The fourth-order valence-electron chi connectivity index (χ4n) is 7.92. The van der Waals surface area contributed by atoms with Crippen molar-refractivity contribution >= 4 is 16.7 Å². The van der Waals surface area contributed by atoms with Crippen LogP contribution in [0.5, 0.6) is 0 Å². The molecule has 174 valence electrons. The van der Waals surface area contributed by atoms with Crippen LogP contribution in [0.2, 0.25) is 0 Å². The Morgan fingerprint density at radius 3 is 2.41 bits per heavy atom. The third-order valence-electron chi connectivity index (χ3n) is 7.95. The Morgan fingerprint density at radius 1 is 1.06 bits per heavy atom. The molecule has 0 saturated heterocycles. The van der Waals surface area contributed by atoms with Gasteiger partial charge < -0.3 is 5.32 Å². The van der Waals surface area contributed by atoms with Crippen LogP contribution in [0.25, 0.3) is 10.9 Å². The van der Waals surface area contributed by atoms with E-state index in [1.54, 1.807) is 10.7 Å². The molecule has 2 unspecified atom stereocenters. The van der Waals surface area contributed by atoms with E-state index in [1.165, 1.54) is 19.3 Å². The third-order valence-corrected chi connectivity index (χ3v) is 7.95. The molecule has 0 spiro atoms. The number of nitrogens with one attached hydrogen (secondary N) is 1. The number of benzene rings is 1. The molecule has 4 saturated carbocycles. The van der Waals surface area contributed by atoms with Gasteiger partial charge >= 0.3 is 6.18 Å². The largest absolute Gasteiger partial charge is 0.389 e. The molecule has 4 nitrogen and oxygen atoms in total. The first-order chi connectivity index (χ1) is 15.0. The van der Waals surface area contributed by atoms with Gasteiger partial charge in [0.2, 0.25) is 5.43 Å². The monoisotopic (exact) mass is 447 g/mol. The molecule has 0 amide bonds. The smallest absolute Gasteiger partial charge is 0.360 e. The van der Waals surface area contributed by atoms with Gasteiger partial charge in [-0.1, -0.05) is 26.0 Å². The molecule has 32 heavy (non-hydrogen) atoms. The number of hydrogen-bond donors (Lipinski definition) is 1. The quantitative estimate of drug-likeness (QED) is 0.530. The Bertz CT molecular complexity index is 1070. The molecule has 0 radical (unpaired) electrons. The van der Waals surface area contributed by atoms with Crippen molar-refractivity contribution in [2.45, 2.75) is 89.9 Å². The Hall–Kier alpha value is -2.05. The number of aryl methyl sites for hydroxylation is 1. The summed E-state index contributed by atoms with van der Waals surface area (Å²) in [6, 6.07) is 7.28. The van der Waals surface area contributed by atoms with Gasteiger partial charge in [0, 0.05) is 18.5 Å². The number of halogens is 3. The maximum Gasteiger partial charge on any atom is 0.389 e. The van der Waals surface area contributed by atoms with E-state index in [9.17, 15) is 18.0 Å². The first-order valence-corrected chi connectivity index (χ1v) is 11.8. The van der Waals surface area contributed by atoms with E-state index < -0.39 is 12.6 Å². The van der Waals surface area contributed by atoms with Crippen LogP contribution in [0.15, 0.2) is 29.1 Å². The van der Waals surface area contributed by atoms with Crippen LogP contribution in [0.1, 0.15) is 71.6 Å². The predicted octanol–water partition coefficient (Wildman–Crippen LogP) is 6.29. The summed E-state index contributed by atoms with van der Waals surface area (Å²) in [5, 5.41) is 8.87. The molecule has 2 aromatic rings. The lowest BCUT2D eigenvalue weighted by molar-refractivity contribution is -0.135. The van der Waals surface area contributed by atoms with Gasteiger partial charge in [-0.3, -0.25) is 9.48 Å². The summed E-state index contributed by atoms with van der Waals surface area (Å²) in [7, 11) is 0. The molecule has 4 aliphatic carbocycles. The topological polar surface area (TPSA) is 46.9 Å². The highest BCUT2D eigenvalue weighted by Crippen LogP contribution is 2.66. The van der Waals surface area contributed by atoms with Gasteiger partial charge in [0.25, 0.3) is 0 Å². The normalized spacial score (nSPS) is 33.7. The highest BCUT2D eigenvalue weighted by atomic mass is 19.4. The van der Waals surface area contributed by atoms with Crippen molar-refractivity contribution in [1.82, 2.24) is 9.78 Å². The van der Waals surface area contributed by atoms with E-state index >= 15 is 0 Å². The first-order valence-electron chi connectivity index (χ1n) is 11.8. The average molecular weight is 448 g/mol. The molecule has 2 atom stereocenters. The van der Waals surface area contributed by atoms with Gasteiger partial charge in [-0.2, -0.15) is 18.3 Å². The second-order valence-corrected chi connectivity index (χ2v) is 11.5. The Balaban J connectivity index is 1.46. The lowest BCUT2D eigenvalue weighted by Gasteiger charge is -2.65. The summed E-state index contributed by atoms with van der Waals surface area (Å²) in [4.78, 5) is 13.3. The van der Waals surface area contributed by atoms with E-state index in [2.05, 4.69) is 24.3 Å². The van der Waals surface area contributed by atoms with Crippen molar-refractivity contribution in [1.29, 1.82) is 0 Å². The summed E-state index contributed by atoms with van der Waals surface area (Å²) in [5.74, 6) is 1.03. The van der Waals surface area contributed by atoms with Gasteiger partial charge in [0.15, 0.2) is 5.82 Å². The average Bonchev–Trinajstić information content (AvgIpc) is 2.64. The molecule has 1 aromatic carbocycles. The van der Waals surface area contributed by atoms with E-state index in [0.29, 0.717) is 46.4 Å². The number of anilines is 1. The van der Waals surface area contributed by atoms with Crippen LogP contribution in [0, 0.1) is 16.7 Å². The SMILES string of the molecule is CC12CC3CC(C)(C1)CC(Nc1nn(CCCCC(F)(F)F)c4ccccc4c1=O)(C3)C2. The van der Waals surface area contributed by atoms with Gasteiger partial charge in [-0.05, 0) is 80.2 Å². The van der Waals surface area contributed by atoms with Crippen molar-refractivity contribution in [2.24, 2.45) is 16.7 Å². The van der Waals surface area contributed by atoms with Crippen LogP contribution in [0.4, 0.5) is 19.0 Å². The molecule has 4 bridgehead atoms. The number of unbranched alkanes of at least 4 members (excludes halogenated alkanes) is 1. The zero-order valence-corrected chi connectivity index (χ0v) is 18.9. The molecule has 1 N–H and O–H groups in total. The van der Waals surface area contributed by atoms with Crippen LogP contribution >= 0.6 is 0 Å². The van der Waals surface area contributed by atoms with Gasteiger partial charge in [0.1, 0.15) is 0 Å². The van der Waals surface area contributed by atoms with Gasteiger partial charge in [-0.15, -0.1) is 0 Å². The Labute approximate surface area is 186 Å². The standard InChI is InChI=1S/C25H32F3N3O/c1-22-11-17-12-23(2,14-22)16-24(13-17,15-22)29-21-20(32)18-7-3-4-8-19(18)31(30-21)10-6-5-9-25(26,27)28/h3-4,7-8,17H,5-6,9-16H2,1-2H3,(H,29,30). The maximum absolute atomic E-state index is 13.3. The molecule has 1 heterocycles. The Kier molecular flexibility index (Phi) is 4.92. The van der Waals surface area contributed by atoms with E-state index in [0.717, 1.165) is 19.3 Å². The lowest BCUT2D eigenvalue weighted by atomic mass is 9.43. The zero-order chi connectivity index (χ0) is 22.8. The number of para-hydroxylation sites is 1. The molecule has 1 aromatic heterocycles. The second kappa shape index (κ2) is 7.22. The van der Waals surface area contributed by atoms with Crippen LogP contribution in [-0.4, -0.2) is 21.5 Å². The Morgan fingerprint density at radius 2 is 1.75 bits per heavy atom. The zero-order valence-electron chi connectivity index (χ0n) is 18.9. The number of fused-ring (bicyclic) bond motifs is 1. The maximum atomic E-state index is 13.3. The second-order valence-electron chi connectivity index (χ2n) is 11.5. The summed E-state index contributed by atoms with van der Waals surface area (Å²) in [6.07, 6.45) is 2.41. The summed E-state index contributed by atoms with van der Waals surface area (Å²) < 4.78 is 39.4. The van der Waals surface area contributed by atoms with Crippen LogP contribution in [-0.2, 0) is 6.54 Å². The van der Waals surface area contributed by atoms with Gasteiger partial charge in [-0.25, -0.2) is 0 Å². The lowest BCUT2D eigenvalue weighted by Crippen LogP contribution is -2.62. The molecule has 4 fully saturated rings. The van der Waals surface area contributed by atoms with Crippen LogP contribution < -0.4 is 10.7 Å².